The van der Waals surface area contributed by atoms with Gasteiger partial charge in [-0.15, -0.1) is 0 Å². The third-order valence-corrected chi connectivity index (χ3v) is 4.34. The van der Waals surface area contributed by atoms with Crippen molar-refractivity contribution in [2.75, 3.05) is 11.1 Å². The molecule has 0 saturated heterocycles. The van der Waals surface area contributed by atoms with E-state index in [1.54, 1.807) is 0 Å². The highest BCUT2D eigenvalue weighted by molar-refractivity contribution is 7.99. The molecule has 122 valence electrons. The van der Waals surface area contributed by atoms with Crippen molar-refractivity contribution in [3.05, 3.63) is 51.4 Å². The summed E-state index contributed by atoms with van der Waals surface area (Å²) in [5, 5.41) is 3.32. The molecule has 1 amide bonds. The van der Waals surface area contributed by atoms with Crippen LogP contribution in [0.25, 0.3) is 0 Å². The zero-order chi connectivity index (χ0) is 17.0. The van der Waals surface area contributed by atoms with Crippen molar-refractivity contribution < 1.29 is 4.79 Å². The van der Waals surface area contributed by atoms with E-state index < -0.39 is 0 Å². The van der Waals surface area contributed by atoms with E-state index in [1.807, 2.05) is 45.9 Å². The van der Waals surface area contributed by atoms with Crippen molar-refractivity contribution >= 4 is 23.4 Å². The molecule has 0 saturated carbocycles. The highest BCUT2D eigenvalue weighted by Crippen LogP contribution is 2.17. The average molecular weight is 331 g/mol. The molecular formula is C17H21N3O2S. The lowest BCUT2D eigenvalue weighted by molar-refractivity contribution is -0.113. The van der Waals surface area contributed by atoms with Crippen LogP contribution in [0.3, 0.4) is 0 Å². The Hall–Kier alpha value is -2.08. The zero-order valence-electron chi connectivity index (χ0n) is 13.8. The molecule has 0 bridgehead atoms. The van der Waals surface area contributed by atoms with Gasteiger partial charge < -0.3 is 10.3 Å². The number of hydrogen-bond acceptors (Lipinski definition) is 4. The van der Waals surface area contributed by atoms with E-state index in [2.05, 4.69) is 15.3 Å². The fraction of sp³-hybridized carbons (Fsp3) is 0.353. The monoisotopic (exact) mass is 331 g/mol. The second kappa shape index (κ2) is 7.46. The molecule has 0 atom stereocenters. The quantitative estimate of drug-likeness (QED) is 0.651. The molecule has 0 fully saturated rings. The molecular weight excluding hydrogens is 310 g/mol. The fourth-order valence-corrected chi connectivity index (χ4v) is 2.65. The first-order valence-electron chi connectivity index (χ1n) is 7.46. The summed E-state index contributed by atoms with van der Waals surface area (Å²) in [5.41, 5.74) is 3.62. The summed E-state index contributed by atoms with van der Waals surface area (Å²) in [6.07, 6.45) is 0. The molecule has 2 rings (SSSR count). The number of carbonyl (C=O) groups excluding carboxylic acids is 1. The van der Waals surface area contributed by atoms with Gasteiger partial charge in [0.2, 0.25) is 5.91 Å². The summed E-state index contributed by atoms with van der Waals surface area (Å²) in [7, 11) is 0. The van der Waals surface area contributed by atoms with Crippen LogP contribution >= 0.6 is 11.8 Å². The molecule has 0 aliphatic carbocycles. The van der Waals surface area contributed by atoms with Crippen LogP contribution < -0.4 is 10.9 Å². The predicted octanol–water partition coefficient (Wildman–Crippen LogP) is 3.24. The summed E-state index contributed by atoms with van der Waals surface area (Å²) in [6, 6.07) is 7.29. The first kappa shape index (κ1) is 17.3. The maximum Gasteiger partial charge on any atom is 0.251 e. The van der Waals surface area contributed by atoms with Gasteiger partial charge in [-0.3, -0.25) is 9.59 Å². The fourth-order valence-electron chi connectivity index (χ4n) is 1.97. The van der Waals surface area contributed by atoms with Gasteiger partial charge in [-0.05, 0) is 43.0 Å². The van der Waals surface area contributed by atoms with Gasteiger partial charge in [-0.25, -0.2) is 4.98 Å². The minimum Gasteiger partial charge on any atom is -0.325 e. The number of hydrogen-bond donors (Lipinski definition) is 2. The van der Waals surface area contributed by atoms with Gasteiger partial charge in [0, 0.05) is 11.8 Å². The first-order valence-corrected chi connectivity index (χ1v) is 8.45. The van der Waals surface area contributed by atoms with Crippen LogP contribution in [0.5, 0.6) is 0 Å². The van der Waals surface area contributed by atoms with Gasteiger partial charge in [0.05, 0.1) is 11.4 Å². The van der Waals surface area contributed by atoms with Crippen LogP contribution in [-0.2, 0) is 4.79 Å². The van der Waals surface area contributed by atoms with Gasteiger partial charge in [-0.2, -0.15) is 0 Å². The molecule has 2 N–H and O–H groups in total. The van der Waals surface area contributed by atoms with Crippen LogP contribution in [-0.4, -0.2) is 21.6 Å². The lowest BCUT2D eigenvalue weighted by Crippen LogP contribution is -2.16. The topological polar surface area (TPSA) is 74.8 Å². The minimum absolute atomic E-state index is 0.129. The first-order chi connectivity index (χ1) is 10.8. The SMILES string of the molecule is Cc1ccc(NC(=O)CSc2nc(C(C)C)cc(=O)[nH]2)cc1C. The van der Waals surface area contributed by atoms with Gasteiger partial charge >= 0.3 is 0 Å². The van der Waals surface area contributed by atoms with Crippen molar-refractivity contribution in [3.8, 4) is 0 Å². The normalized spacial score (nSPS) is 10.8. The number of H-pyrrole nitrogens is 1. The highest BCUT2D eigenvalue weighted by atomic mass is 32.2. The minimum atomic E-state index is -0.194. The molecule has 0 unspecified atom stereocenters. The molecule has 23 heavy (non-hydrogen) atoms. The van der Waals surface area contributed by atoms with Crippen LogP contribution in [0.2, 0.25) is 0 Å². The lowest BCUT2D eigenvalue weighted by Gasteiger charge is -2.08. The van der Waals surface area contributed by atoms with Gasteiger partial charge in [0.15, 0.2) is 5.16 Å². The average Bonchev–Trinajstić information content (AvgIpc) is 2.48. The second-order valence-electron chi connectivity index (χ2n) is 5.77. The Morgan fingerprint density at radius 3 is 2.65 bits per heavy atom. The molecule has 0 radical (unpaired) electrons. The molecule has 6 heteroatoms. The van der Waals surface area contributed by atoms with Crippen molar-refractivity contribution in [1.82, 2.24) is 9.97 Å². The second-order valence-corrected chi connectivity index (χ2v) is 6.73. The Bertz CT molecular complexity index is 769. The zero-order valence-corrected chi connectivity index (χ0v) is 14.6. The number of anilines is 1. The van der Waals surface area contributed by atoms with E-state index >= 15 is 0 Å². The van der Waals surface area contributed by atoms with Gasteiger partial charge in [0.25, 0.3) is 5.56 Å². The number of benzene rings is 1. The summed E-state index contributed by atoms with van der Waals surface area (Å²) < 4.78 is 0. The van der Waals surface area contributed by atoms with Crippen molar-refractivity contribution in [1.29, 1.82) is 0 Å². The molecule has 0 spiro atoms. The largest absolute Gasteiger partial charge is 0.325 e. The number of nitrogens with one attached hydrogen (secondary N) is 2. The summed E-state index contributed by atoms with van der Waals surface area (Å²) in [5.74, 6) is 0.231. The van der Waals surface area contributed by atoms with E-state index in [-0.39, 0.29) is 23.1 Å². The highest BCUT2D eigenvalue weighted by Gasteiger charge is 2.09. The van der Waals surface area contributed by atoms with E-state index in [9.17, 15) is 9.59 Å². The van der Waals surface area contributed by atoms with Crippen LogP contribution in [0.1, 0.15) is 36.6 Å². The van der Waals surface area contributed by atoms with Crippen molar-refractivity contribution in [3.63, 3.8) is 0 Å². The Kier molecular flexibility index (Phi) is 5.60. The molecule has 1 aromatic carbocycles. The maximum absolute atomic E-state index is 12.0. The van der Waals surface area contributed by atoms with E-state index in [1.165, 1.54) is 23.4 Å². The lowest BCUT2D eigenvalue weighted by atomic mass is 10.1. The number of amides is 1. The molecule has 2 aromatic rings. The van der Waals surface area contributed by atoms with E-state index in [4.69, 9.17) is 0 Å². The van der Waals surface area contributed by atoms with Gasteiger partial charge in [0.1, 0.15) is 0 Å². The molecule has 1 aromatic heterocycles. The predicted molar refractivity (Wildman–Crippen MR) is 94.2 cm³/mol. The summed E-state index contributed by atoms with van der Waals surface area (Å²) >= 11 is 1.22. The third kappa shape index (κ3) is 4.96. The van der Waals surface area contributed by atoms with E-state index in [0.717, 1.165) is 16.9 Å². The number of aryl methyl sites for hydroxylation is 2. The van der Waals surface area contributed by atoms with Crippen molar-refractivity contribution in [2.24, 2.45) is 0 Å². The smallest absolute Gasteiger partial charge is 0.251 e. The molecule has 1 heterocycles. The van der Waals surface area contributed by atoms with E-state index in [0.29, 0.717) is 5.16 Å². The molecule has 0 aliphatic heterocycles. The Morgan fingerprint density at radius 1 is 1.26 bits per heavy atom. The Labute approximate surface area is 139 Å². The van der Waals surface area contributed by atoms with Gasteiger partial charge in [-0.1, -0.05) is 31.7 Å². The Balaban J connectivity index is 1.99. The molecule has 0 aliphatic rings. The Morgan fingerprint density at radius 2 is 2.00 bits per heavy atom. The number of nitrogens with zero attached hydrogens (tertiary/aromatic N) is 1. The third-order valence-electron chi connectivity index (χ3n) is 3.46. The number of aromatic nitrogens is 2. The number of aromatic amines is 1. The van der Waals surface area contributed by atoms with Crippen LogP contribution in [0.15, 0.2) is 34.2 Å². The van der Waals surface area contributed by atoms with Crippen LogP contribution in [0, 0.1) is 13.8 Å². The number of thioether (sulfide) groups is 1. The maximum atomic E-state index is 12.0. The standard InChI is InChI=1S/C17H21N3O2S/c1-10(2)14-8-15(21)20-17(19-14)23-9-16(22)18-13-6-5-11(3)12(4)7-13/h5-8,10H,9H2,1-4H3,(H,18,22)(H,19,20,21). The summed E-state index contributed by atoms with van der Waals surface area (Å²) in [4.78, 5) is 30.7. The molecule has 5 nitrogen and oxygen atoms in total. The number of rotatable bonds is 5. The van der Waals surface area contributed by atoms with Crippen molar-refractivity contribution in [2.45, 2.75) is 38.8 Å². The number of carbonyl (C=O) groups is 1. The summed E-state index contributed by atoms with van der Waals surface area (Å²) in [6.45, 7) is 7.98. The van der Waals surface area contributed by atoms with Crippen LogP contribution in [0.4, 0.5) is 5.69 Å².